The Morgan fingerprint density at radius 1 is 1.03 bits per heavy atom. The van der Waals surface area contributed by atoms with Crippen LogP contribution < -0.4 is 5.32 Å². The minimum absolute atomic E-state index is 0.290. The van der Waals surface area contributed by atoms with E-state index in [-0.39, 0.29) is 6.61 Å². The van der Waals surface area contributed by atoms with Gasteiger partial charge in [-0.15, -0.1) is 0 Å². The number of aryl methyl sites for hydroxylation is 1. The van der Waals surface area contributed by atoms with Crippen molar-refractivity contribution in [1.82, 2.24) is 13.7 Å². The second-order valence-corrected chi connectivity index (χ2v) is 7.31. The summed E-state index contributed by atoms with van der Waals surface area (Å²) in [6, 6.07) is 15.8. The second-order valence-electron chi connectivity index (χ2n) is 6.78. The predicted molar refractivity (Wildman–Crippen MR) is 118 cm³/mol. The Morgan fingerprint density at radius 2 is 1.90 bits per heavy atom. The maximum absolute atomic E-state index is 5.66. The zero-order valence-electron chi connectivity index (χ0n) is 17.0. The van der Waals surface area contributed by atoms with Gasteiger partial charge in [0, 0.05) is 12.1 Å². The zero-order valence-corrected chi connectivity index (χ0v) is 17.8. The fourth-order valence-electron chi connectivity index (χ4n) is 2.86. The van der Waals surface area contributed by atoms with E-state index >= 15 is 0 Å². The molecule has 0 fully saturated rings. The van der Waals surface area contributed by atoms with Crippen LogP contribution >= 0.6 is 11.7 Å². The number of nitrogens with zero attached hydrogens (tertiary/aromatic N) is 4. The Bertz CT molecular complexity index is 910. The van der Waals surface area contributed by atoms with E-state index in [0.29, 0.717) is 5.71 Å². The molecule has 0 aliphatic carbocycles. The number of nitrogens with one attached hydrogen (secondary N) is 1. The van der Waals surface area contributed by atoms with E-state index in [1.807, 2.05) is 55.5 Å². The minimum Gasteiger partial charge on any atom is -0.389 e. The van der Waals surface area contributed by atoms with Gasteiger partial charge in [-0.05, 0) is 25.5 Å². The van der Waals surface area contributed by atoms with Gasteiger partial charge in [-0.2, -0.15) is 8.75 Å². The van der Waals surface area contributed by atoms with Crippen molar-refractivity contribution in [2.45, 2.75) is 46.1 Å². The summed E-state index contributed by atoms with van der Waals surface area (Å²) >= 11 is 1.18. The predicted octanol–water partition coefficient (Wildman–Crippen LogP) is 5.20. The Kier molecular flexibility index (Phi) is 8.12. The Balaban J connectivity index is 1.64. The van der Waals surface area contributed by atoms with Gasteiger partial charge in [0.2, 0.25) is 0 Å². The maximum Gasteiger partial charge on any atom is 0.159 e. The highest BCUT2D eigenvalue weighted by atomic mass is 32.1. The van der Waals surface area contributed by atoms with Gasteiger partial charge in [-0.3, -0.25) is 0 Å². The number of anilines is 1. The van der Waals surface area contributed by atoms with Gasteiger partial charge in [0.15, 0.2) is 6.61 Å². The number of hydrogen-bond acceptors (Lipinski definition) is 7. The third kappa shape index (κ3) is 6.35. The van der Waals surface area contributed by atoms with Crippen molar-refractivity contribution >= 4 is 23.3 Å². The minimum atomic E-state index is 0.290. The molecule has 0 atom stereocenters. The molecule has 0 saturated carbocycles. The number of pyridine rings is 1. The van der Waals surface area contributed by atoms with Crippen molar-refractivity contribution in [3.8, 4) is 0 Å². The Hall–Kier alpha value is -2.80. The summed E-state index contributed by atoms with van der Waals surface area (Å²) in [6.07, 6.45) is 4.92. The van der Waals surface area contributed by atoms with Crippen molar-refractivity contribution in [1.29, 1.82) is 0 Å². The lowest BCUT2D eigenvalue weighted by Crippen LogP contribution is -2.07. The van der Waals surface area contributed by atoms with E-state index in [9.17, 15) is 0 Å². The second kappa shape index (κ2) is 11.3. The highest BCUT2D eigenvalue weighted by molar-refractivity contribution is 6.99. The SMILES string of the molecule is CCCCCCNc1cccc(CON=C(c2ccccc2)c2nsnc2C)n1. The molecule has 6 nitrogen and oxygen atoms in total. The van der Waals surface area contributed by atoms with Crippen LogP contribution in [-0.4, -0.2) is 26.0 Å². The molecule has 152 valence electrons. The van der Waals surface area contributed by atoms with Crippen LogP contribution in [0.3, 0.4) is 0 Å². The molecule has 0 amide bonds. The Labute approximate surface area is 176 Å². The third-order valence-electron chi connectivity index (χ3n) is 4.44. The highest BCUT2D eigenvalue weighted by Gasteiger charge is 2.14. The summed E-state index contributed by atoms with van der Waals surface area (Å²) in [6.45, 7) is 5.37. The quantitative estimate of drug-likeness (QED) is 0.268. The molecule has 0 aliphatic heterocycles. The van der Waals surface area contributed by atoms with Crippen molar-refractivity contribution in [3.63, 3.8) is 0 Å². The summed E-state index contributed by atoms with van der Waals surface area (Å²) in [5.74, 6) is 0.870. The molecule has 0 spiro atoms. The number of benzene rings is 1. The van der Waals surface area contributed by atoms with Gasteiger partial charge in [0.25, 0.3) is 0 Å². The fraction of sp³-hybridized carbons (Fsp3) is 0.364. The summed E-state index contributed by atoms with van der Waals surface area (Å²) in [7, 11) is 0. The van der Waals surface area contributed by atoms with E-state index < -0.39 is 0 Å². The first kappa shape index (κ1) is 20.9. The molecule has 1 aromatic carbocycles. The molecule has 3 rings (SSSR count). The molecule has 3 aromatic rings. The summed E-state index contributed by atoms with van der Waals surface area (Å²) in [5.41, 5.74) is 4.04. The van der Waals surface area contributed by atoms with Gasteiger partial charge in [-0.25, -0.2) is 4.98 Å². The number of hydrogen-bond donors (Lipinski definition) is 1. The van der Waals surface area contributed by atoms with Crippen LogP contribution in [0.5, 0.6) is 0 Å². The smallest absolute Gasteiger partial charge is 0.159 e. The lowest BCUT2D eigenvalue weighted by atomic mass is 10.1. The van der Waals surface area contributed by atoms with Crippen molar-refractivity contribution < 1.29 is 4.84 Å². The van der Waals surface area contributed by atoms with Crippen LogP contribution in [0.2, 0.25) is 0 Å². The summed E-state index contributed by atoms with van der Waals surface area (Å²) in [5, 5.41) is 7.76. The molecule has 2 heterocycles. The van der Waals surface area contributed by atoms with E-state index in [4.69, 9.17) is 4.84 Å². The van der Waals surface area contributed by atoms with Gasteiger partial charge in [0.1, 0.15) is 17.2 Å². The van der Waals surface area contributed by atoms with Gasteiger partial charge >= 0.3 is 0 Å². The standard InChI is InChI=1S/C22H27N5OS/c1-3-4-5-9-15-23-20-14-10-13-19(24-20)16-28-25-22(18-11-7-6-8-12-18)21-17(2)26-29-27-21/h6-8,10-14H,3-5,9,15-16H2,1-2H3,(H,23,24). The number of rotatable bonds is 11. The Morgan fingerprint density at radius 3 is 2.66 bits per heavy atom. The van der Waals surface area contributed by atoms with Crippen molar-refractivity contribution in [3.05, 3.63) is 71.2 Å². The van der Waals surface area contributed by atoms with Crippen LogP contribution in [0.1, 0.15) is 55.3 Å². The first-order valence-corrected chi connectivity index (χ1v) is 10.8. The topological polar surface area (TPSA) is 72.3 Å². The molecule has 1 N–H and O–H groups in total. The first-order chi connectivity index (χ1) is 14.3. The molecule has 0 bridgehead atoms. The maximum atomic E-state index is 5.66. The van der Waals surface area contributed by atoms with E-state index in [1.54, 1.807) is 0 Å². The number of aromatic nitrogens is 3. The monoisotopic (exact) mass is 409 g/mol. The van der Waals surface area contributed by atoms with E-state index in [1.165, 1.54) is 31.0 Å². The van der Waals surface area contributed by atoms with Crippen LogP contribution in [-0.2, 0) is 11.4 Å². The molecule has 7 heteroatoms. The van der Waals surface area contributed by atoms with Crippen molar-refractivity contribution in [2.75, 3.05) is 11.9 Å². The van der Waals surface area contributed by atoms with Crippen molar-refractivity contribution in [2.24, 2.45) is 5.16 Å². The lowest BCUT2D eigenvalue weighted by molar-refractivity contribution is 0.128. The molecule has 0 radical (unpaired) electrons. The van der Waals surface area contributed by atoms with Gasteiger partial charge in [0.05, 0.1) is 23.1 Å². The largest absolute Gasteiger partial charge is 0.389 e. The number of oxime groups is 1. The lowest BCUT2D eigenvalue weighted by Gasteiger charge is -2.08. The summed E-state index contributed by atoms with van der Waals surface area (Å²) in [4.78, 5) is 10.3. The van der Waals surface area contributed by atoms with Crippen LogP contribution in [0.25, 0.3) is 0 Å². The normalized spacial score (nSPS) is 11.4. The van der Waals surface area contributed by atoms with Crippen LogP contribution in [0.15, 0.2) is 53.7 Å². The molecule has 0 saturated heterocycles. The average Bonchev–Trinajstić information content (AvgIpc) is 3.17. The molecular formula is C22H27N5OS. The zero-order chi connectivity index (χ0) is 20.3. The average molecular weight is 410 g/mol. The van der Waals surface area contributed by atoms with E-state index in [0.717, 1.165) is 41.4 Å². The highest BCUT2D eigenvalue weighted by Crippen LogP contribution is 2.14. The molecule has 2 aromatic heterocycles. The third-order valence-corrected chi connectivity index (χ3v) is 5.06. The van der Waals surface area contributed by atoms with Gasteiger partial charge < -0.3 is 10.2 Å². The van der Waals surface area contributed by atoms with E-state index in [2.05, 4.69) is 31.1 Å². The molecular weight excluding hydrogens is 382 g/mol. The molecule has 0 aliphatic rings. The summed E-state index contributed by atoms with van der Waals surface area (Å²) < 4.78 is 8.64. The number of unbranched alkanes of at least 4 members (excludes halogenated alkanes) is 3. The molecule has 0 unspecified atom stereocenters. The fourth-order valence-corrected chi connectivity index (χ4v) is 3.41. The van der Waals surface area contributed by atoms with Gasteiger partial charge in [-0.1, -0.05) is 67.7 Å². The molecule has 29 heavy (non-hydrogen) atoms. The van der Waals surface area contributed by atoms with Crippen LogP contribution in [0.4, 0.5) is 5.82 Å². The van der Waals surface area contributed by atoms with Crippen LogP contribution in [0, 0.1) is 6.92 Å². The first-order valence-electron chi connectivity index (χ1n) is 10.0.